The van der Waals surface area contributed by atoms with Crippen molar-refractivity contribution >= 4 is 0 Å². The summed E-state index contributed by atoms with van der Waals surface area (Å²) in [6.45, 7) is 2.68. The molecule has 0 fully saturated rings. The largest absolute Gasteiger partial charge is 1.00 e. The first-order chi connectivity index (χ1) is 1.41. The standard InChI is InChI=1S/C2H4O.Li.Y/c1-2-3;;/h1-2H2;;/q-2;+1;. The van der Waals surface area contributed by atoms with Crippen molar-refractivity contribution in [2.24, 2.45) is 0 Å². The minimum atomic E-state index is -0.250. The van der Waals surface area contributed by atoms with Crippen LogP contribution in [0.15, 0.2) is 0 Å². The normalized spacial score (nSPS) is 3.60. The maximum absolute atomic E-state index is 8.82. The van der Waals surface area contributed by atoms with Gasteiger partial charge in [-0.1, -0.05) is 0 Å². The van der Waals surface area contributed by atoms with Gasteiger partial charge in [-0.15, -0.1) is 0 Å². The molecule has 0 saturated carbocycles. The van der Waals surface area contributed by atoms with Crippen molar-refractivity contribution in [1.29, 1.82) is 0 Å². The van der Waals surface area contributed by atoms with Gasteiger partial charge in [0.2, 0.25) is 0 Å². The summed E-state index contributed by atoms with van der Waals surface area (Å²) in [6.07, 6.45) is 0. The molecule has 0 aliphatic rings. The maximum atomic E-state index is 8.82. The van der Waals surface area contributed by atoms with Crippen molar-refractivity contribution < 1.29 is 56.7 Å². The first kappa shape index (κ1) is 15.9. The Morgan fingerprint density at radius 3 is 1.60 bits per heavy atom. The average molecular weight is 140 g/mol. The molecule has 0 aromatic heterocycles. The zero-order valence-corrected chi connectivity index (χ0v) is 6.24. The van der Waals surface area contributed by atoms with Crippen LogP contribution in [-0.4, -0.2) is 6.61 Å². The molecule has 1 radical (unpaired) electrons. The van der Waals surface area contributed by atoms with Crippen LogP contribution in [0.1, 0.15) is 0 Å². The molecule has 0 spiro atoms. The fourth-order valence-corrected chi connectivity index (χ4v) is 0. The SMILES string of the molecule is [CH2-]C[O-].[Li+].[Y]. The molecular formula is C2H4LiOY-. The predicted molar refractivity (Wildman–Crippen MR) is 10.2 cm³/mol. The maximum Gasteiger partial charge on any atom is 1.00 e. The van der Waals surface area contributed by atoms with E-state index < -0.39 is 0 Å². The molecule has 0 aromatic carbocycles. The van der Waals surface area contributed by atoms with Crippen molar-refractivity contribution in [2.45, 2.75) is 0 Å². The van der Waals surface area contributed by atoms with Gasteiger partial charge in [-0.05, 0) is 0 Å². The second-order valence-corrected chi connectivity index (χ2v) is 0.204. The third-order valence-electron chi connectivity index (χ3n) is 0. The van der Waals surface area contributed by atoms with Crippen LogP contribution >= 0.6 is 0 Å². The first-order valence-electron chi connectivity index (χ1n) is 0.789. The Hall–Kier alpha value is 1.66. The van der Waals surface area contributed by atoms with E-state index in [0.717, 1.165) is 0 Å². The van der Waals surface area contributed by atoms with Crippen LogP contribution in [0.5, 0.6) is 0 Å². The molecule has 0 heterocycles. The Morgan fingerprint density at radius 1 is 1.60 bits per heavy atom. The molecule has 0 saturated heterocycles. The Morgan fingerprint density at radius 2 is 1.60 bits per heavy atom. The average Bonchev–Trinajstić information content (AvgIpc) is 0.918. The molecule has 0 aromatic rings. The van der Waals surface area contributed by atoms with Crippen LogP contribution < -0.4 is 24.0 Å². The van der Waals surface area contributed by atoms with Crippen LogP contribution in [-0.2, 0) is 32.7 Å². The molecule has 0 unspecified atom stereocenters. The first-order valence-corrected chi connectivity index (χ1v) is 0.789. The molecule has 0 bridgehead atoms. The smallest absolute Gasteiger partial charge is 0.878 e. The van der Waals surface area contributed by atoms with Gasteiger partial charge in [-0.25, -0.2) is 0 Å². The van der Waals surface area contributed by atoms with Gasteiger partial charge in [-0.2, -0.15) is 0 Å². The molecule has 1 nitrogen and oxygen atoms in total. The zero-order valence-electron chi connectivity index (χ0n) is 3.40. The van der Waals surface area contributed by atoms with Crippen molar-refractivity contribution in [2.75, 3.05) is 6.61 Å². The van der Waals surface area contributed by atoms with Crippen LogP contribution in [0.4, 0.5) is 0 Å². The summed E-state index contributed by atoms with van der Waals surface area (Å²) in [4.78, 5) is 0. The van der Waals surface area contributed by atoms with Crippen LogP contribution in [0.3, 0.4) is 0 Å². The van der Waals surface area contributed by atoms with Gasteiger partial charge in [0.1, 0.15) is 0 Å². The van der Waals surface area contributed by atoms with E-state index in [1.807, 2.05) is 0 Å². The molecule has 0 N–H and O–H groups in total. The number of hydrogen-bond donors (Lipinski definition) is 0. The zero-order chi connectivity index (χ0) is 2.71. The third-order valence-corrected chi connectivity index (χ3v) is 0. The van der Waals surface area contributed by atoms with Gasteiger partial charge in [0, 0.05) is 32.7 Å². The number of hydrogen-bond acceptors (Lipinski definition) is 1. The molecular weight excluding hydrogens is 136 g/mol. The quantitative estimate of drug-likeness (QED) is 0.250. The molecule has 0 rings (SSSR count). The fourth-order valence-electron chi connectivity index (χ4n) is 0. The van der Waals surface area contributed by atoms with E-state index >= 15 is 0 Å². The van der Waals surface area contributed by atoms with E-state index in [1.54, 1.807) is 0 Å². The van der Waals surface area contributed by atoms with Crippen LogP contribution in [0, 0.1) is 6.92 Å². The summed E-state index contributed by atoms with van der Waals surface area (Å²) < 4.78 is 0. The minimum Gasteiger partial charge on any atom is -0.878 e. The summed E-state index contributed by atoms with van der Waals surface area (Å²) in [5, 5.41) is 8.82. The Labute approximate surface area is 69.6 Å². The minimum absolute atomic E-state index is 0. The monoisotopic (exact) mass is 140 g/mol. The summed E-state index contributed by atoms with van der Waals surface area (Å²) in [5.74, 6) is 0. The van der Waals surface area contributed by atoms with E-state index in [1.165, 1.54) is 0 Å². The van der Waals surface area contributed by atoms with Crippen LogP contribution in [0.2, 0.25) is 0 Å². The molecule has 5 heavy (non-hydrogen) atoms. The van der Waals surface area contributed by atoms with Crippen molar-refractivity contribution in [1.82, 2.24) is 0 Å². The topological polar surface area (TPSA) is 23.1 Å². The molecule has 23 valence electrons. The van der Waals surface area contributed by atoms with Gasteiger partial charge in [-0.3, -0.25) is 6.61 Å². The van der Waals surface area contributed by atoms with Gasteiger partial charge >= 0.3 is 18.9 Å². The van der Waals surface area contributed by atoms with E-state index in [-0.39, 0.29) is 58.2 Å². The Balaban J connectivity index is -0.0000000200. The summed E-state index contributed by atoms with van der Waals surface area (Å²) >= 11 is 0. The second-order valence-electron chi connectivity index (χ2n) is 0.204. The Bertz CT molecular complexity index is 9.61. The van der Waals surface area contributed by atoms with Crippen molar-refractivity contribution in [3.8, 4) is 0 Å². The predicted octanol–water partition coefficient (Wildman–Crippen LogP) is -3.82. The summed E-state index contributed by atoms with van der Waals surface area (Å²) in [6, 6.07) is 0. The molecule has 0 amide bonds. The van der Waals surface area contributed by atoms with Gasteiger partial charge in [0.05, 0.1) is 0 Å². The van der Waals surface area contributed by atoms with Gasteiger partial charge < -0.3 is 12.0 Å². The Kier molecular flexibility index (Phi) is 55.3. The molecule has 0 aliphatic carbocycles. The summed E-state index contributed by atoms with van der Waals surface area (Å²) in [5.41, 5.74) is 0. The molecule has 3 heteroatoms. The third kappa shape index (κ3) is 27.5. The van der Waals surface area contributed by atoms with E-state index in [2.05, 4.69) is 6.92 Å². The molecule has 0 aliphatic heterocycles. The van der Waals surface area contributed by atoms with E-state index in [9.17, 15) is 0 Å². The van der Waals surface area contributed by atoms with Crippen LogP contribution in [0.25, 0.3) is 0 Å². The van der Waals surface area contributed by atoms with Crippen molar-refractivity contribution in [3.63, 3.8) is 0 Å². The van der Waals surface area contributed by atoms with Crippen molar-refractivity contribution in [3.05, 3.63) is 6.92 Å². The van der Waals surface area contributed by atoms with Gasteiger partial charge in [0.15, 0.2) is 0 Å². The van der Waals surface area contributed by atoms with Gasteiger partial charge in [0.25, 0.3) is 0 Å². The number of rotatable bonds is 0. The second kappa shape index (κ2) is 17.4. The van der Waals surface area contributed by atoms with E-state index in [0.29, 0.717) is 0 Å². The van der Waals surface area contributed by atoms with E-state index in [4.69, 9.17) is 5.11 Å². The molecule has 0 atom stereocenters. The fraction of sp³-hybridized carbons (Fsp3) is 0.500. The summed E-state index contributed by atoms with van der Waals surface area (Å²) in [7, 11) is 0.